The zero-order valence-corrected chi connectivity index (χ0v) is 22.0. The fourth-order valence-electron chi connectivity index (χ4n) is 6.11. The molecule has 0 radical (unpaired) electrons. The predicted molar refractivity (Wildman–Crippen MR) is 138 cm³/mol. The minimum absolute atomic E-state index is 0.0521. The maximum atomic E-state index is 14.1. The number of benzene rings is 1. The Labute approximate surface area is 215 Å². The van der Waals surface area contributed by atoms with E-state index in [9.17, 15) is 18.7 Å². The van der Waals surface area contributed by atoms with Gasteiger partial charge in [-0.05, 0) is 69.2 Å². The van der Waals surface area contributed by atoms with E-state index in [1.165, 1.54) is 44.2 Å². The second kappa shape index (κ2) is 14.2. The first-order valence-electron chi connectivity index (χ1n) is 13.7. The number of nitrogens with one attached hydrogen (secondary N) is 2. The summed E-state index contributed by atoms with van der Waals surface area (Å²) in [4.78, 5) is 15.1. The number of hydrogen-bond acceptors (Lipinski definition) is 4. The van der Waals surface area contributed by atoms with Gasteiger partial charge in [0.1, 0.15) is 11.6 Å². The van der Waals surface area contributed by atoms with Crippen molar-refractivity contribution in [3.63, 3.8) is 0 Å². The van der Waals surface area contributed by atoms with Crippen LogP contribution in [0.2, 0.25) is 0 Å². The Bertz CT molecular complexity index is 801. The van der Waals surface area contributed by atoms with Crippen molar-refractivity contribution in [1.82, 2.24) is 15.5 Å². The molecule has 1 aromatic carbocycles. The monoisotopic (exact) mass is 509 g/mol. The Kier molecular flexibility index (Phi) is 11.4. The Balaban J connectivity index is 1.71. The first-order chi connectivity index (χ1) is 17.4. The second-order valence-corrected chi connectivity index (χ2v) is 10.8. The number of unbranched alkanes of at least 4 members (excludes halogenated alkanes) is 1. The number of amides is 2. The first kappa shape index (κ1) is 28.8. The molecule has 1 aromatic rings. The molecule has 2 aliphatic rings. The molecule has 3 atom stereocenters. The van der Waals surface area contributed by atoms with Crippen LogP contribution in [0, 0.1) is 23.5 Å². The highest BCUT2D eigenvalue weighted by atomic mass is 19.1. The summed E-state index contributed by atoms with van der Waals surface area (Å²) in [5, 5.41) is 18.3. The molecule has 0 spiro atoms. The van der Waals surface area contributed by atoms with Gasteiger partial charge in [0.25, 0.3) is 0 Å². The SMILES string of the molecule is CNCC(CC1CCCCC1)NC(=O)N1CCC[C@@H]([C@@](O)(CCCCOC)c2cc(F)cc(F)c2)C1. The number of aliphatic hydroxyl groups is 1. The summed E-state index contributed by atoms with van der Waals surface area (Å²) in [6.45, 7) is 2.22. The van der Waals surface area contributed by atoms with Crippen LogP contribution in [0.4, 0.5) is 13.6 Å². The molecule has 2 fully saturated rings. The van der Waals surface area contributed by atoms with E-state index in [2.05, 4.69) is 10.6 Å². The summed E-state index contributed by atoms with van der Waals surface area (Å²) in [5.41, 5.74) is -1.18. The zero-order chi connectivity index (χ0) is 26.0. The van der Waals surface area contributed by atoms with E-state index in [-0.39, 0.29) is 23.6 Å². The lowest BCUT2D eigenvalue weighted by Gasteiger charge is -2.43. The van der Waals surface area contributed by atoms with Gasteiger partial charge in [-0.1, -0.05) is 32.1 Å². The standard InChI is InChI=1S/C28H45F2N3O3/c1-31-19-26(15-21-9-4-3-5-10-21)32-27(34)33-13-8-11-22(20-33)28(35,12-6-7-14-36-2)23-16-24(29)18-25(30)17-23/h16-18,21-22,26,31,35H,3-15,19-20H2,1-2H3,(H,32,34)/t22-,26?,28+/m1/s1. The van der Waals surface area contributed by atoms with Gasteiger partial charge in [-0.25, -0.2) is 13.6 Å². The second-order valence-electron chi connectivity index (χ2n) is 10.8. The molecule has 1 saturated heterocycles. The van der Waals surface area contributed by atoms with Crippen LogP contribution in [0.5, 0.6) is 0 Å². The molecule has 0 bridgehead atoms. The van der Waals surface area contributed by atoms with Crippen LogP contribution in [0.1, 0.15) is 76.2 Å². The molecule has 2 amide bonds. The molecule has 3 rings (SSSR count). The van der Waals surface area contributed by atoms with Crippen molar-refractivity contribution in [1.29, 1.82) is 0 Å². The lowest BCUT2D eigenvalue weighted by atomic mass is 9.74. The summed E-state index contributed by atoms with van der Waals surface area (Å²) >= 11 is 0. The van der Waals surface area contributed by atoms with Gasteiger partial charge < -0.3 is 25.4 Å². The number of urea groups is 1. The number of hydrogen-bond donors (Lipinski definition) is 3. The smallest absolute Gasteiger partial charge is 0.317 e. The number of nitrogens with zero attached hydrogens (tertiary/aromatic N) is 1. The molecule has 3 N–H and O–H groups in total. The third kappa shape index (κ3) is 8.12. The Hall–Kier alpha value is -1.77. The largest absolute Gasteiger partial charge is 0.385 e. The van der Waals surface area contributed by atoms with Gasteiger partial charge in [0.2, 0.25) is 0 Å². The Morgan fingerprint density at radius 3 is 2.53 bits per heavy atom. The summed E-state index contributed by atoms with van der Waals surface area (Å²) < 4.78 is 33.4. The zero-order valence-electron chi connectivity index (χ0n) is 22.0. The minimum atomic E-state index is -1.43. The number of rotatable bonds is 12. The quantitative estimate of drug-likeness (QED) is 0.349. The lowest BCUT2D eigenvalue weighted by Crippen LogP contribution is -2.54. The highest BCUT2D eigenvalue weighted by Gasteiger charge is 2.42. The van der Waals surface area contributed by atoms with E-state index < -0.39 is 17.2 Å². The van der Waals surface area contributed by atoms with E-state index >= 15 is 0 Å². The fourth-order valence-corrected chi connectivity index (χ4v) is 6.11. The molecule has 36 heavy (non-hydrogen) atoms. The van der Waals surface area contributed by atoms with E-state index in [1.54, 1.807) is 12.0 Å². The molecule has 1 aliphatic carbocycles. The van der Waals surface area contributed by atoms with E-state index in [4.69, 9.17) is 4.74 Å². The maximum absolute atomic E-state index is 14.1. The van der Waals surface area contributed by atoms with Crippen LogP contribution >= 0.6 is 0 Å². The summed E-state index contributed by atoms with van der Waals surface area (Å²) in [5.74, 6) is -1.08. The van der Waals surface area contributed by atoms with Gasteiger partial charge in [-0.15, -0.1) is 0 Å². The molecule has 204 valence electrons. The highest BCUT2D eigenvalue weighted by Crippen LogP contribution is 2.40. The van der Waals surface area contributed by atoms with Crippen molar-refractivity contribution in [2.75, 3.05) is 40.4 Å². The van der Waals surface area contributed by atoms with Crippen molar-refractivity contribution >= 4 is 6.03 Å². The minimum Gasteiger partial charge on any atom is -0.385 e. The van der Waals surface area contributed by atoms with Crippen molar-refractivity contribution < 1.29 is 23.4 Å². The van der Waals surface area contributed by atoms with E-state index in [0.29, 0.717) is 51.4 Å². The fraction of sp³-hybridized carbons (Fsp3) is 0.750. The summed E-state index contributed by atoms with van der Waals surface area (Å²) in [7, 11) is 3.53. The van der Waals surface area contributed by atoms with Gasteiger partial charge in [-0.2, -0.15) is 0 Å². The normalized spacial score (nSPS) is 21.7. The van der Waals surface area contributed by atoms with Crippen molar-refractivity contribution in [3.8, 4) is 0 Å². The van der Waals surface area contributed by atoms with Crippen LogP contribution in [-0.4, -0.2) is 62.5 Å². The number of piperidine rings is 1. The van der Waals surface area contributed by atoms with Gasteiger partial charge in [0, 0.05) is 51.4 Å². The molecular formula is C28H45F2N3O3. The van der Waals surface area contributed by atoms with Crippen molar-refractivity contribution in [2.45, 2.75) is 82.3 Å². The van der Waals surface area contributed by atoms with Gasteiger partial charge in [0.15, 0.2) is 0 Å². The number of carbonyl (C=O) groups excluding carboxylic acids is 1. The van der Waals surface area contributed by atoms with Gasteiger partial charge in [0.05, 0.1) is 5.60 Å². The average molecular weight is 510 g/mol. The molecule has 1 heterocycles. The van der Waals surface area contributed by atoms with Gasteiger partial charge in [-0.3, -0.25) is 0 Å². The van der Waals surface area contributed by atoms with Crippen LogP contribution in [0.3, 0.4) is 0 Å². The van der Waals surface area contributed by atoms with Crippen LogP contribution in [0.25, 0.3) is 0 Å². The molecule has 1 aliphatic heterocycles. The molecular weight excluding hydrogens is 464 g/mol. The summed E-state index contributed by atoms with van der Waals surface area (Å²) in [6.07, 6.45) is 10.4. The van der Waals surface area contributed by atoms with Crippen LogP contribution < -0.4 is 10.6 Å². The third-order valence-electron chi connectivity index (χ3n) is 8.02. The number of likely N-dealkylation sites (tertiary alicyclic amines) is 1. The topological polar surface area (TPSA) is 73.8 Å². The van der Waals surface area contributed by atoms with Crippen molar-refractivity contribution in [3.05, 3.63) is 35.4 Å². The van der Waals surface area contributed by atoms with E-state index in [0.717, 1.165) is 25.3 Å². The molecule has 6 nitrogen and oxygen atoms in total. The number of ether oxygens (including phenoxy) is 1. The van der Waals surface area contributed by atoms with E-state index in [1.807, 2.05) is 7.05 Å². The number of halogens is 2. The Morgan fingerprint density at radius 2 is 1.86 bits per heavy atom. The maximum Gasteiger partial charge on any atom is 0.317 e. The Morgan fingerprint density at radius 1 is 1.14 bits per heavy atom. The number of methoxy groups -OCH3 is 1. The first-order valence-corrected chi connectivity index (χ1v) is 13.7. The molecule has 8 heteroatoms. The average Bonchev–Trinajstić information content (AvgIpc) is 2.87. The molecule has 1 unspecified atom stereocenters. The highest BCUT2D eigenvalue weighted by molar-refractivity contribution is 5.74. The van der Waals surface area contributed by atoms with Crippen LogP contribution in [-0.2, 0) is 10.3 Å². The van der Waals surface area contributed by atoms with Gasteiger partial charge >= 0.3 is 6.03 Å². The number of likely N-dealkylation sites (N-methyl/N-ethyl adjacent to an activating group) is 1. The van der Waals surface area contributed by atoms with Crippen LogP contribution in [0.15, 0.2) is 18.2 Å². The predicted octanol–water partition coefficient (Wildman–Crippen LogP) is 4.95. The third-order valence-corrected chi connectivity index (χ3v) is 8.02. The molecule has 1 saturated carbocycles. The summed E-state index contributed by atoms with van der Waals surface area (Å²) in [6, 6.07) is 3.21. The number of carbonyl (C=O) groups is 1. The van der Waals surface area contributed by atoms with Crippen molar-refractivity contribution in [2.24, 2.45) is 11.8 Å². The lowest BCUT2D eigenvalue weighted by molar-refractivity contribution is -0.0568. The molecule has 0 aromatic heterocycles.